The topological polar surface area (TPSA) is 51.0 Å². The highest BCUT2D eigenvalue weighted by Crippen LogP contribution is 2.28. The van der Waals surface area contributed by atoms with Gasteiger partial charge in [-0.05, 0) is 32.0 Å². The van der Waals surface area contributed by atoms with Gasteiger partial charge in [-0.15, -0.1) is 0 Å². The molecule has 0 spiro atoms. The Hall–Kier alpha value is -1.20. The molecule has 0 amide bonds. The molecule has 1 aromatic carbocycles. The van der Waals surface area contributed by atoms with Crippen LogP contribution in [0.25, 0.3) is 11.4 Å². The molecule has 0 saturated carbocycles. The van der Waals surface area contributed by atoms with Gasteiger partial charge in [-0.25, -0.2) is 0 Å². The quantitative estimate of drug-likeness (QED) is 0.926. The Morgan fingerprint density at radius 1 is 1.44 bits per heavy atom. The van der Waals surface area contributed by atoms with Crippen LogP contribution < -0.4 is 5.32 Å². The molecule has 2 atom stereocenters. The standard InChI is InChI=1S/C13H14BrN3O/c1-8-11(5-6-15-8)13-16-12(17-18-13)9-3-2-4-10(14)7-9/h2-4,7-8,11,15H,5-6H2,1H3. The van der Waals surface area contributed by atoms with E-state index in [4.69, 9.17) is 4.52 Å². The monoisotopic (exact) mass is 307 g/mol. The number of nitrogens with one attached hydrogen (secondary N) is 1. The van der Waals surface area contributed by atoms with Crippen LogP contribution in [0.15, 0.2) is 33.3 Å². The van der Waals surface area contributed by atoms with Gasteiger partial charge in [-0.1, -0.05) is 33.2 Å². The second kappa shape index (κ2) is 4.82. The first kappa shape index (κ1) is 11.9. The molecule has 1 aliphatic rings. The van der Waals surface area contributed by atoms with Gasteiger partial charge in [0.05, 0.1) is 5.92 Å². The van der Waals surface area contributed by atoms with Gasteiger partial charge < -0.3 is 9.84 Å². The summed E-state index contributed by atoms with van der Waals surface area (Å²) in [6.07, 6.45) is 1.06. The molecule has 1 N–H and O–H groups in total. The van der Waals surface area contributed by atoms with Crippen molar-refractivity contribution in [3.05, 3.63) is 34.6 Å². The number of hydrogen-bond donors (Lipinski definition) is 1. The molecule has 0 radical (unpaired) electrons. The van der Waals surface area contributed by atoms with E-state index in [0.717, 1.165) is 28.9 Å². The average molecular weight is 308 g/mol. The Morgan fingerprint density at radius 2 is 2.33 bits per heavy atom. The molecule has 18 heavy (non-hydrogen) atoms. The highest BCUT2D eigenvalue weighted by atomic mass is 79.9. The summed E-state index contributed by atoms with van der Waals surface area (Å²) in [7, 11) is 0. The minimum absolute atomic E-state index is 0.332. The third kappa shape index (κ3) is 2.20. The average Bonchev–Trinajstić information content (AvgIpc) is 2.97. The van der Waals surface area contributed by atoms with E-state index >= 15 is 0 Å². The van der Waals surface area contributed by atoms with Crippen LogP contribution in [0.1, 0.15) is 25.2 Å². The highest BCUT2D eigenvalue weighted by Gasteiger charge is 2.29. The molecular formula is C13H14BrN3O. The number of nitrogens with zero attached hydrogens (tertiary/aromatic N) is 2. The first-order valence-electron chi connectivity index (χ1n) is 6.07. The van der Waals surface area contributed by atoms with Gasteiger partial charge in [0.1, 0.15) is 0 Å². The molecule has 1 aromatic heterocycles. The van der Waals surface area contributed by atoms with Crippen molar-refractivity contribution in [2.24, 2.45) is 0 Å². The fourth-order valence-corrected chi connectivity index (χ4v) is 2.73. The minimum atomic E-state index is 0.332. The van der Waals surface area contributed by atoms with Crippen LogP contribution >= 0.6 is 15.9 Å². The Kier molecular flexibility index (Phi) is 3.18. The van der Waals surface area contributed by atoms with Crippen molar-refractivity contribution in [2.75, 3.05) is 6.54 Å². The second-order valence-corrected chi connectivity index (χ2v) is 5.52. The third-order valence-corrected chi connectivity index (χ3v) is 3.86. The van der Waals surface area contributed by atoms with Crippen molar-refractivity contribution in [2.45, 2.75) is 25.3 Å². The van der Waals surface area contributed by atoms with E-state index in [-0.39, 0.29) is 0 Å². The maximum absolute atomic E-state index is 5.40. The number of benzene rings is 1. The summed E-state index contributed by atoms with van der Waals surface area (Å²) in [4.78, 5) is 4.52. The molecule has 1 aliphatic heterocycles. The van der Waals surface area contributed by atoms with Crippen molar-refractivity contribution in [3.8, 4) is 11.4 Å². The molecule has 2 aromatic rings. The summed E-state index contributed by atoms with van der Waals surface area (Å²) >= 11 is 3.45. The lowest BCUT2D eigenvalue weighted by Crippen LogP contribution is -2.21. The molecule has 1 saturated heterocycles. The third-order valence-electron chi connectivity index (χ3n) is 3.37. The first-order chi connectivity index (χ1) is 8.74. The predicted octanol–water partition coefficient (Wildman–Crippen LogP) is 2.96. The molecule has 2 unspecified atom stereocenters. The van der Waals surface area contributed by atoms with Gasteiger partial charge in [0.15, 0.2) is 0 Å². The van der Waals surface area contributed by atoms with Crippen molar-refractivity contribution >= 4 is 15.9 Å². The normalized spacial score (nSPS) is 23.4. The van der Waals surface area contributed by atoms with E-state index in [1.54, 1.807) is 0 Å². The van der Waals surface area contributed by atoms with E-state index in [1.807, 2.05) is 24.3 Å². The van der Waals surface area contributed by atoms with Crippen molar-refractivity contribution in [1.82, 2.24) is 15.5 Å². The second-order valence-electron chi connectivity index (χ2n) is 4.60. The van der Waals surface area contributed by atoms with Crippen LogP contribution in [-0.2, 0) is 0 Å². The van der Waals surface area contributed by atoms with Gasteiger partial charge in [0, 0.05) is 16.1 Å². The van der Waals surface area contributed by atoms with Crippen LogP contribution in [0.3, 0.4) is 0 Å². The zero-order valence-electron chi connectivity index (χ0n) is 10.1. The number of rotatable bonds is 2. The summed E-state index contributed by atoms with van der Waals surface area (Å²) in [6, 6.07) is 8.32. The van der Waals surface area contributed by atoms with E-state index in [2.05, 4.69) is 38.3 Å². The van der Waals surface area contributed by atoms with E-state index in [1.165, 1.54) is 0 Å². The summed E-state index contributed by atoms with van der Waals surface area (Å²) in [6.45, 7) is 3.17. The Balaban J connectivity index is 1.89. The zero-order valence-corrected chi connectivity index (χ0v) is 11.6. The van der Waals surface area contributed by atoms with Crippen LogP contribution in [0, 0.1) is 0 Å². The lowest BCUT2D eigenvalue weighted by atomic mass is 10.0. The number of aromatic nitrogens is 2. The molecular weight excluding hydrogens is 294 g/mol. The Bertz CT molecular complexity index is 555. The van der Waals surface area contributed by atoms with Crippen molar-refractivity contribution in [3.63, 3.8) is 0 Å². The molecule has 3 rings (SSSR count). The molecule has 4 nitrogen and oxygen atoms in total. The van der Waals surface area contributed by atoms with Crippen LogP contribution in [0.5, 0.6) is 0 Å². The lowest BCUT2D eigenvalue weighted by Gasteiger charge is -2.08. The first-order valence-corrected chi connectivity index (χ1v) is 6.86. The van der Waals surface area contributed by atoms with Gasteiger partial charge in [-0.3, -0.25) is 0 Å². The number of halogens is 1. The molecule has 1 fully saturated rings. The highest BCUT2D eigenvalue weighted by molar-refractivity contribution is 9.10. The van der Waals surface area contributed by atoms with E-state index < -0.39 is 0 Å². The zero-order chi connectivity index (χ0) is 12.5. The van der Waals surface area contributed by atoms with E-state index in [0.29, 0.717) is 17.8 Å². The summed E-state index contributed by atoms with van der Waals surface area (Å²) in [5.74, 6) is 1.73. The van der Waals surface area contributed by atoms with Crippen molar-refractivity contribution in [1.29, 1.82) is 0 Å². The molecule has 5 heteroatoms. The van der Waals surface area contributed by atoms with E-state index in [9.17, 15) is 0 Å². The van der Waals surface area contributed by atoms with Gasteiger partial charge in [0.25, 0.3) is 0 Å². The van der Waals surface area contributed by atoms with Gasteiger partial charge in [0.2, 0.25) is 11.7 Å². The summed E-state index contributed by atoms with van der Waals surface area (Å²) in [5.41, 5.74) is 0.970. The summed E-state index contributed by atoms with van der Waals surface area (Å²) in [5, 5.41) is 7.46. The smallest absolute Gasteiger partial charge is 0.231 e. The van der Waals surface area contributed by atoms with Crippen molar-refractivity contribution < 1.29 is 4.52 Å². The van der Waals surface area contributed by atoms with Crippen LogP contribution in [-0.4, -0.2) is 22.7 Å². The molecule has 2 heterocycles. The molecule has 0 aliphatic carbocycles. The Morgan fingerprint density at radius 3 is 3.06 bits per heavy atom. The minimum Gasteiger partial charge on any atom is -0.339 e. The lowest BCUT2D eigenvalue weighted by molar-refractivity contribution is 0.345. The fraction of sp³-hybridized carbons (Fsp3) is 0.385. The summed E-state index contributed by atoms with van der Waals surface area (Å²) < 4.78 is 6.41. The number of hydrogen-bond acceptors (Lipinski definition) is 4. The van der Waals surface area contributed by atoms with Gasteiger partial charge in [-0.2, -0.15) is 4.98 Å². The molecule has 0 bridgehead atoms. The van der Waals surface area contributed by atoms with Crippen LogP contribution in [0.2, 0.25) is 0 Å². The predicted molar refractivity (Wildman–Crippen MR) is 72.3 cm³/mol. The van der Waals surface area contributed by atoms with Crippen LogP contribution in [0.4, 0.5) is 0 Å². The SMILES string of the molecule is CC1NCCC1c1nc(-c2cccc(Br)c2)no1. The maximum atomic E-state index is 5.40. The molecule has 94 valence electrons. The van der Waals surface area contributed by atoms with Gasteiger partial charge >= 0.3 is 0 Å². The Labute approximate surface area is 114 Å². The maximum Gasteiger partial charge on any atom is 0.231 e. The largest absolute Gasteiger partial charge is 0.339 e. The fourth-order valence-electron chi connectivity index (χ4n) is 2.33.